The average Bonchev–Trinajstić information content (AvgIpc) is 2.02. The minimum Gasteiger partial charge on any atom is -0.314 e. The smallest absolute Gasteiger partial charge is 0.0422 e. The molecule has 0 bridgehead atoms. The molecule has 0 unspecified atom stereocenters. The minimum atomic E-state index is 0.257. The van der Waals surface area contributed by atoms with E-state index in [2.05, 4.69) is 36.5 Å². The standard InChI is InChI=1S/C9H21N3/c1-4-5-11-12-7-6-10-8-9(12,2)3/h10-11H,4-8H2,1-3H3. The van der Waals surface area contributed by atoms with Crippen LogP contribution in [0, 0.1) is 0 Å². The van der Waals surface area contributed by atoms with E-state index in [0.717, 1.165) is 26.2 Å². The zero-order valence-corrected chi connectivity index (χ0v) is 8.48. The highest BCUT2D eigenvalue weighted by Gasteiger charge is 2.28. The lowest BCUT2D eigenvalue weighted by atomic mass is 10.0. The molecule has 0 aromatic heterocycles. The van der Waals surface area contributed by atoms with Crippen molar-refractivity contribution in [3.63, 3.8) is 0 Å². The molecule has 1 fully saturated rings. The highest BCUT2D eigenvalue weighted by molar-refractivity contribution is 4.85. The molecule has 0 aliphatic carbocycles. The summed E-state index contributed by atoms with van der Waals surface area (Å²) in [5.74, 6) is 0. The van der Waals surface area contributed by atoms with Gasteiger partial charge in [-0.2, -0.15) is 0 Å². The van der Waals surface area contributed by atoms with Crippen LogP contribution in [0.15, 0.2) is 0 Å². The van der Waals surface area contributed by atoms with E-state index in [0.29, 0.717) is 0 Å². The zero-order valence-electron chi connectivity index (χ0n) is 8.48. The van der Waals surface area contributed by atoms with Gasteiger partial charge in [-0.1, -0.05) is 6.92 Å². The van der Waals surface area contributed by atoms with Crippen LogP contribution in [0.5, 0.6) is 0 Å². The molecule has 0 saturated carbocycles. The van der Waals surface area contributed by atoms with Gasteiger partial charge in [0.2, 0.25) is 0 Å². The second kappa shape index (κ2) is 4.21. The summed E-state index contributed by atoms with van der Waals surface area (Å²) in [4.78, 5) is 0. The van der Waals surface area contributed by atoms with Gasteiger partial charge in [0.05, 0.1) is 0 Å². The summed E-state index contributed by atoms with van der Waals surface area (Å²) in [5, 5.41) is 5.75. The van der Waals surface area contributed by atoms with Crippen molar-refractivity contribution < 1.29 is 0 Å². The van der Waals surface area contributed by atoms with Crippen molar-refractivity contribution in [2.45, 2.75) is 32.7 Å². The number of hydrogen-bond acceptors (Lipinski definition) is 3. The Hall–Kier alpha value is -0.120. The number of hydrazine groups is 1. The molecule has 12 heavy (non-hydrogen) atoms. The first-order chi connectivity index (χ1) is 5.67. The van der Waals surface area contributed by atoms with Crippen LogP contribution >= 0.6 is 0 Å². The number of nitrogens with zero attached hydrogens (tertiary/aromatic N) is 1. The van der Waals surface area contributed by atoms with Gasteiger partial charge in [0.1, 0.15) is 0 Å². The highest BCUT2D eigenvalue weighted by Crippen LogP contribution is 2.12. The topological polar surface area (TPSA) is 27.3 Å². The largest absolute Gasteiger partial charge is 0.314 e. The molecular weight excluding hydrogens is 150 g/mol. The molecule has 3 nitrogen and oxygen atoms in total. The van der Waals surface area contributed by atoms with Crippen LogP contribution in [0.1, 0.15) is 27.2 Å². The first-order valence-corrected chi connectivity index (χ1v) is 4.88. The zero-order chi connectivity index (χ0) is 9.03. The molecule has 0 aromatic rings. The lowest BCUT2D eigenvalue weighted by Crippen LogP contribution is -2.62. The second-order valence-corrected chi connectivity index (χ2v) is 4.05. The molecule has 0 amide bonds. The lowest BCUT2D eigenvalue weighted by molar-refractivity contribution is 0.0367. The van der Waals surface area contributed by atoms with Crippen LogP contribution < -0.4 is 10.7 Å². The number of hydrogen-bond donors (Lipinski definition) is 2. The number of piperazine rings is 1. The molecule has 1 saturated heterocycles. The third-order valence-electron chi connectivity index (χ3n) is 2.35. The van der Waals surface area contributed by atoms with E-state index in [9.17, 15) is 0 Å². The van der Waals surface area contributed by atoms with Crippen LogP contribution in [-0.4, -0.2) is 36.7 Å². The van der Waals surface area contributed by atoms with Crippen molar-refractivity contribution >= 4 is 0 Å². The van der Waals surface area contributed by atoms with Crippen molar-refractivity contribution in [3.05, 3.63) is 0 Å². The Labute approximate surface area is 75.5 Å². The number of rotatable bonds is 3. The molecule has 2 N–H and O–H groups in total. The van der Waals surface area contributed by atoms with Gasteiger partial charge in [-0.3, -0.25) is 5.43 Å². The first kappa shape index (κ1) is 9.96. The van der Waals surface area contributed by atoms with Gasteiger partial charge >= 0.3 is 0 Å². The molecular formula is C9H21N3. The van der Waals surface area contributed by atoms with E-state index in [-0.39, 0.29) is 5.54 Å². The summed E-state index contributed by atoms with van der Waals surface area (Å²) >= 11 is 0. The summed E-state index contributed by atoms with van der Waals surface area (Å²) < 4.78 is 0. The maximum atomic E-state index is 3.45. The van der Waals surface area contributed by atoms with Gasteiger partial charge < -0.3 is 5.32 Å². The van der Waals surface area contributed by atoms with E-state index in [1.54, 1.807) is 0 Å². The molecule has 1 rings (SSSR count). The fourth-order valence-corrected chi connectivity index (χ4v) is 1.52. The maximum Gasteiger partial charge on any atom is 0.0422 e. The summed E-state index contributed by atoms with van der Waals surface area (Å²) in [6, 6.07) is 0. The predicted molar refractivity (Wildman–Crippen MR) is 51.9 cm³/mol. The van der Waals surface area contributed by atoms with Gasteiger partial charge in [-0.15, -0.1) is 0 Å². The van der Waals surface area contributed by atoms with E-state index in [4.69, 9.17) is 0 Å². The lowest BCUT2D eigenvalue weighted by Gasteiger charge is -2.42. The Morgan fingerprint density at radius 1 is 1.50 bits per heavy atom. The van der Waals surface area contributed by atoms with E-state index >= 15 is 0 Å². The highest BCUT2D eigenvalue weighted by atomic mass is 15.5. The Bertz CT molecular complexity index is 134. The van der Waals surface area contributed by atoms with Crippen LogP contribution in [0.2, 0.25) is 0 Å². The van der Waals surface area contributed by atoms with Crippen molar-refractivity contribution in [1.29, 1.82) is 0 Å². The maximum absolute atomic E-state index is 3.45. The monoisotopic (exact) mass is 171 g/mol. The van der Waals surface area contributed by atoms with Gasteiger partial charge in [0.15, 0.2) is 0 Å². The fraction of sp³-hybridized carbons (Fsp3) is 1.00. The quantitative estimate of drug-likeness (QED) is 0.650. The number of nitrogens with one attached hydrogen (secondary N) is 2. The van der Waals surface area contributed by atoms with Crippen molar-refractivity contribution in [2.24, 2.45) is 0 Å². The average molecular weight is 171 g/mol. The second-order valence-electron chi connectivity index (χ2n) is 4.05. The van der Waals surface area contributed by atoms with Gasteiger partial charge in [0.25, 0.3) is 0 Å². The van der Waals surface area contributed by atoms with Gasteiger partial charge in [-0.25, -0.2) is 5.01 Å². The van der Waals surface area contributed by atoms with Crippen LogP contribution in [0.3, 0.4) is 0 Å². The summed E-state index contributed by atoms with van der Waals surface area (Å²) in [7, 11) is 0. The normalized spacial score (nSPS) is 24.2. The fourth-order valence-electron chi connectivity index (χ4n) is 1.52. The van der Waals surface area contributed by atoms with E-state index in [1.165, 1.54) is 6.42 Å². The Balaban J connectivity index is 2.37. The molecule has 3 heteroatoms. The molecule has 0 spiro atoms. The Kier molecular flexibility index (Phi) is 3.50. The Morgan fingerprint density at radius 2 is 2.25 bits per heavy atom. The van der Waals surface area contributed by atoms with Gasteiger partial charge in [-0.05, 0) is 20.3 Å². The van der Waals surface area contributed by atoms with Crippen LogP contribution in [-0.2, 0) is 0 Å². The SMILES string of the molecule is CCCNN1CCNCC1(C)C. The molecule has 1 aliphatic rings. The molecule has 0 radical (unpaired) electrons. The van der Waals surface area contributed by atoms with Crippen molar-refractivity contribution in [3.8, 4) is 0 Å². The van der Waals surface area contributed by atoms with Gasteiger partial charge in [0, 0.05) is 31.7 Å². The molecule has 0 aromatic carbocycles. The third kappa shape index (κ3) is 2.44. The molecule has 1 aliphatic heterocycles. The molecule has 1 heterocycles. The van der Waals surface area contributed by atoms with E-state index in [1.807, 2.05) is 0 Å². The summed E-state index contributed by atoms with van der Waals surface area (Å²) in [6.07, 6.45) is 1.19. The van der Waals surface area contributed by atoms with Crippen molar-refractivity contribution in [1.82, 2.24) is 15.8 Å². The molecule has 0 atom stereocenters. The van der Waals surface area contributed by atoms with E-state index < -0.39 is 0 Å². The summed E-state index contributed by atoms with van der Waals surface area (Å²) in [6.45, 7) is 11.1. The van der Waals surface area contributed by atoms with Crippen LogP contribution in [0.4, 0.5) is 0 Å². The first-order valence-electron chi connectivity index (χ1n) is 4.88. The van der Waals surface area contributed by atoms with Crippen LogP contribution in [0.25, 0.3) is 0 Å². The third-order valence-corrected chi connectivity index (χ3v) is 2.35. The van der Waals surface area contributed by atoms with Crippen molar-refractivity contribution in [2.75, 3.05) is 26.2 Å². The minimum absolute atomic E-state index is 0.257. The summed E-state index contributed by atoms with van der Waals surface area (Å²) in [5.41, 5.74) is 3.71. The predicted octanol–water partition coefficient (Wildman–Crippen LogP) is 0.585. The molecule has 72 valence electrons. The Morgan fingerprint density at radius 3 is 2.83 bits per heavy atom.